The van der Waals surface area contributed by atoms with Crippen molar-refractivity contribution in [2.45, 2.75) is 19.5 Å². The van der Waals surface area contributed by atoms with E-state index in [0.717, 1.165) is 16.8 Å². The largest absolute Gasteiger partial charge is 0.324 e. The zero-order chi connectivity index (χ0) is 13.4. The predicted molar refractivity (Wildman–Crippen MR) is 74.6 cm³/mol. The van der Waals surface area contributed by atoms with Crippen molar-refractivity contribution in [3.8, 4) is 0 Å². The summed E-state index contributed by atoms with van der Waals surface area (Å²) < 4.78 is 3.79. The molecule has 0 bridgehead atoms. The van der Waals surface area contributed by atoms with E-state index in [1.54, 1.807) is 0 Å². The molecule has 0 aliphatic carbocycles. The lowest BCUT2D eigenvalue weighted by Gasteiger charge is -2.00. The van der Waals surface area contributed by atoms with Crippen LogP contribution in [-0.4, -0.2) is 19.6 Å². The van der Waals surface area contributed by atoms with Gasteiger partial charge in [-0.2, -0.15) is 10.2 Å². The van der Waals surface area contributed by atoms with Crippen molar-refractivity contribution in [1.82, 2.24) is 19.6 Å². The molecule has 0 aliphatic rings. The molecule has 2 N–H and O–H groups in total. The van der Waals surface area contributed by atoms with Gasteiger partial charge in [0.2, 0.25) is 0 Å². The van der Waals surface area contributed by atoms with Crippen LogP contribution in [0.3, 0.4) is 0 Å². The second-order valence-electron chi connectivity index (χ2n) is 4.85. The van der Waals surface area contributed by atoms with E-state index < -0.39 is 0 Å². The van der Waals surface area contributed by atoms with E-state index in [1.807, 2.05) is 47.9 Å². The molecule has 0 spiro atoms. The van der Waals surface area contributed by atoms with Gasteiger partial charge in [-0.15, -0.1) is 0 Å². The van der Waals surface area contributed by atoms with E-state index in [4.69, 9.17) is 5.73 Å². The molecule has 2 aromatic heterocycles. The highest BCUT2D eigenvalue weighted by Crippen LogP contribution is 2.18. The van der Waals surface area contributed by atoms with Gasteiger partial charge in [-0.3, -0.25) is 9.36 Å². The average Bonchev–Trinajstić information content (AvgIpc) is 2.97. The van der Waals surface area contributed by atoms with E-state index in [0.29, 0.717) is 6.54 Å². The Morgan fingerprint density at radius 1 is 1.32 bits per heavy atom. The minimum atomic E-state index is 0.00854. The molecule has 5 heteroatoms. The molecule has 2 heterocycles. The smallest absolute Gasteiger partial charge is 0.0918 e. The van der Waals surface area contributed by atoms with Crippen LogP contribution in [0.5, 0.6) is 0 Å². The van der Waals surface area contributed by atoms with Crippen LogP contribution in [0, 0.1) is 0 Å². The van der Waals surface area contributed by atoms with Crippen molar-refractivity contribution in [2.75, 3.05) is 0 Å². The Hall–Kier alpha value is -2.14. The molecule has 1 aromatic carbocycles. The second kappa shape index (κ2) is 4.51. The van der Waals surface area contributed by atoms with Gasteiger partial charge in [0.05, 0.1) is 24.0 Å². The van der Waals surface area contributed by atoms with Crippen LogP contribution >= 0.6 is 0 Å². The molecule has 0 saturated heterocycles. The van der Waals surface area contributed by atoms with Gasteiger partial charge in [-0.25, -0.2) is 0 Å². The lowest BCUT2D eigenvalue weighted by atomic mass is 10.2. The van der Waals surface area contributed by atoms with Crippen molar-refractivity contribution < 1.29 is 0 Å². The molecule has 1 atom stereocenters. The number of para-hydroxylation sites is 1. The summed E-state index contributed by atoms with van der Waals surface area (Å²) >= 11 is 0. The fraction of sp³-hybridized carbons (Fsp3) is 0.286. The Kier molecular flexibility index (Phi) is 2.83. The molecule has 0 fully saturated rings. The van der Waals surface area contributed by atoms with E-state index >= 15 is 0 Å². The summed E-state index contributed by atoms with van der Waals surface area (Å²) in [6, 6.07) is 8.23. The topological polar surface area (TPSA) is 61.7 Å². The van der Waals surface area contributed by atoms with Crippen molar-refractivity contribution in [3.05, 3.63) is 47.9 Å². The molecule has 0 saturated carbocycles. The normalized spacial score (nSPS) is 13.0. The van der Waals surface area contributed by atoms with Gasteiger partial charge < -0.3 is 5.73 Å². The highest BCUT2D eigenvalue weighted by molar-refractivity contribution is 5.81. The molecule has 0 aliphatic heterocycles. The van der Waals surface area contributed by atoms with Gasteiger partial charge in [-0.05, 0) is 13.0 Å². The van der Waals surface area contributed by atoms with E-state index in [-0.39, 0.29) is 6.04 Å². The molecule has 3 aromatic rings. The molecular weight excluding hydrogens is 238 g/mol. The zero-order valence-corrected chi connectivity index (χ0v) is 11.1. The summed E-state index contributed by atoms with van der Waals surface area (Å²) in [7, 11) is 1.96. The number of nitrogens with two attached hydrogens (primary N) is 1. The molecule has 0 amide bonds. The minimum Gasteiger partial charge on any atom is -0.324 e. The lowest BCUT2D eigenvalue weighted by molar-refractivity contribution is 0.654. The van der Waals surface area contributed by atoms with Gasteiger partial charge in [0, 0.05) is 30.2 Å². The Bertz CT molecular complexity index is 708. The van der Waals surface area contributed by atoms with Crippen molar-refractivity contribution in [2.24, 2.45) is 12.8 Å². The van der Waals surface area contributed by atoms with Crippen LogP contribution in [0.2, 0.25) is 0 Å². The first kappa shape index (κ1) is 11.9. The third-order valence-electron chi connectivity index (χ3n) is 3.33. The Labute approximate surface area is 111 Å². The Balaban J connectivity index is 1.96. The molecule has 19 heavy (non-hydrogen) atoms. The quantitative estimate of drug-likeness (QED) is 0.776. The van der Waals surface area contributed by atoms with Crippen molar-refractivity contribution in [1.29, 1.82) is 0 Å². The van der Waals surface area contributed by atoms with E-state index in [2.05, 4.69) is 22.3 Å². The summed E-state index contributed by atoms with van der Waals surface area (Å²) in [6.45, 7) is 2.62. The SMILES string of the molecule is CC(N)c1cnn(Cc2nn(C)c3ccccc23)c1. The average molecular weight is 255 g/mol. The van der Waals surface area contributed by atoms with Gasteiger partial charge in [0.25, 0.3) is 0 Å². The highest BCUT2D eigenvalue weighted by Gasteiger charge is 2.09. The third kappa shape index (κ3) is 2.13. The Morgan fingerprint density at radius 3 is 2.84 bits per heavy atom. The van der Waals surface area contributed by atoms with Crippen molar-refractivity contribution >= 4 is 10.9 Å². The molecular formula is C14H17N5. The first-order valence-corrected chi connectivity index (χ1v) is 6.33. The van der Waals surface area contributed by atoms with Crippen LogP contribution in [0.25, 0.3) is 10.9 Å². The molecule has 5 nitrogen and oxygen atoms in total. The number of nitrogens with zero attached hydrogens (tertiary/aromatic N) is 4. The predicted octanol–water partition coefficient (Wildman–Crippen LogP) is 1.84. The molecule has 0 radical (unpaired) electrons. The number of rotatable bonds is 3. The lowest BCUT2D eigenvalue weighted by Crippen LogP contribution is -2.04. The van der Waals surface area contributed by atoms with Crippen LogP contribution in [0.4, 0.5) is 0 Å². The summed E-state index contributed by atoms with van der Waals surface area (Å²) in [5.74, 6) is 0. The first-order valence-electron chi connectivity index (χ1n) is 6.33. The Morgan fingerprint density at radius 2 is 2.11 bits per heavy atom. The monoisotopic (exact) mass is 255 g/mol. The molecule has 3 rings (SSSR count). The summed E-state index contributed by atoms with van der Waals surface area (Å²) in [5, 5.41) is 10.1. The van der Waals surface area contributed by atoms with Gasteiger partial charge in [-0.1, -0.05) is 18.2 Å². The number of benzene rings is 1. The van der Waals surface area contributed by atoms with Crippen LogP contribution < -0.4 is 5.73 Å². The number of aromatic nitrogens is 4. The summed E-state index contributed by atoms with van der Waals surface area (Å²) in [5.41, 5.74) is 9.05. The second-order valence-corrected chi connectivity index (χ2v) is 4.85. The third-order valence-corrected chi connectivity index (χ3v) is 3.33. The van der Waals surface area contributed by atoms with E-state index in [9.17, 15) is 0 Å². The summed E-state index contributed by atoms with van der Waals surface area (Å²) in [4.78, 5) is 0. The van der Waals surface area contributed by atoms with Crippen molar-refractivity contribution in [3.63, 3.8) is 0 Å². The van der Waals surface area contributed by atoms with E-state index in [1.165, 1.54) is 5.39 Å². The van der Waals surface area contributed by atoms with Crippen LogP contribution in [0.15, 0.2) is 36.7 Å². The first-order chi connectivity index (χ1) is 9.15. The zero-order valence-electron chi connectivity index (χ0n) is 11.1. The number of fused-ring (bicyclic) bond motifs is 1. The fourth-order valence-electron chi connectivity index (χ4n) is 2.26. The maximum absolute atomic E-state index is 5.84. The highest BCUT2D eigenvalue weighted by atomic mass is 15.3. The van der Waals surface area contributed by atoms with Gasteiger partial charge in [0.15, 0.2) is 0 Å². The van der Waals surface area contributed by atoms with Crippen LogP contribution in [-0.2, 0) is 13.6 Å². The fourth-order valence-corrected chi connectivity index (χ4v) is 2.26. The number of hydrogen-bond acceptors (Lipinski definition) is 3. The molecule has 98 valence electrons. The maximum atomic E-state index is 5.84. The maximum Gasteiger partial charge on any atom is 0.0918 e. The number of aryl methyl sites for hydroxylation is 1. The minimum absolute atomic E-state index is 0.00854. The van der Waals surface area contributed by atoms with Gasteiger partial charge in [0.1, 0.15) is 0 Å². The number of hydrogen-bond donors (Lipinski definition) is 1. The standard InChI is InChI=1S/C14H17N5/c1-10(15)11-7-16-19(8-11)9-13-12-5-3-4-6-14(12)18(2)17-13/h3-8,10H,9,15H2,1-2H3. The van der Waals surface area contributed by atoms with Gasteiger partial charge >= 0.3 is 0 Å². The molecule has 1 unspecified atom stereocenters. The van der Waals surface area contributed by atoms with Crippen LogP contribution in [0.1, 0.15) is 24.2 Å². The summed E-state index contributed by atoms with van der Waals surface area (Å²) in [6.07, 6.45) is 3.80.